The molecule has 208 valence electrons. The summed E-state index contributed by atoms with van der Waals surface area (Å²) in [5.41, 5.74) is 2.49. The Bertz CT molecular complexity index is 1380. The van der Waals surface area contributed by atoms with E-state index in [0.29, 0.717) is 22.3 Å². The number of nitro groups is 1. The zero-order valence-corrected chi connectivity index (χ0v) is 23.4. The van der Waals surface area contributed by atoms with Crippen LogP contribution in [0, 0.1) is 16.0 Å². The normalized spacial score (nSPS) is 21.9. The Hall–Kier alpha value is -3.98. The predicted molar refractivity (Wildman–Crippen MR) is 158 cm³/mol. The average Bonchev–Trinajstić information content (AvgIpc) is 3.26. The number of non-ortho nitro benzene ring substituents is 1. The number of hydrogen-bond acceptors (Lipinski definition) is 7. The molecule has 0 bridgehead atoms. The number of anilines is 1. The van der Waals surface area contributed by atoms with E-state index >= 15 is 0 Å². The molecule has 8 nitrogen and oxygen atoms in total. The van der Waals surface area contributed by atoms with Crippen molar-refractivity contribution >= 4 is 35.1 Å². The van der Waals surface area contributed by atoms with Gasteiger partial charge in [-0.05, 0) is 72.4 Å². The second-order valence-corrected chi connectivity index (χ2v) is 11.3. The Morgan fingerprint density at radius 3 is 2.50 bits per heavy atom. The minimum atomic E-state index is -0.427. The number of methoxy groups -OCH3 is 1. The van der Waals surface area contributed by atoms with Crippen LogP contribution in [-0.2, 0) is 11.4 Å². The smallest absolute Gasteiger partial charge is 0.269 e. The van der Waals surface area contributed by atoms with E-state index in [4.69, 9.17) is 9.47 Å². The third-order valence-corrected chi connectivity index (χ3v) is 8.57. The van der Waals surface area contributed by atoms with Gasteiger partial charge in [-0.15, -0.1) is 0 Å². The molecule has 40 heavy (non-hydrogen) atoms. The highest BCUT2D eigenvalue weighted by atomic mass is 32.2. The van der Waals surface area contributed by atoms with Crippen molar-refractivity contribution in [2.75, 3.05) is 12.4 Å². The summed E-state index contributed by atoms with van der Waals surface area (Å²) < 4.78 is 11.5. The number of benzene rings is 3. The SMILES string of the molecule is COc1cc(/C=C2\SC(Nc3ccccc3)N([C@@H]3CCCC[C@@H]3C)C2=O)ccc1OCc1ccc([N+](=O)[O-])cc1. The van der Waals surface area contributed by atoms with Gasteiger partial charge in [0.2, 0.25) is 0 Å². The average molecular weight is 560 g/mol. The maximum Gasteiger partial charge on any atom is 0.269 e. The third-order valence-electron chi connectivity index (χ3n) is 7.45. The van der Waals surface area contributed by atoms with Crippen molar-refractivity contribution in [1.82, 2.24) is 4.90 Å². The highest BCUT2D eigenvalue weighted by Gasteiger charge is 2.42. The molecule has 3 atom stereocenters. The molecule has 2 fully saturated rings. The predicted octanol–water partition coefficient (Wildman–Crippen LogP) is 7.07. The largest absolute Gasteiger partial charge is 0.493 e. The van der Waals surface area contributed by atoms with Crippen LogP contribution in [-0.4, -0.2) is 34.4 Å². The van der Waals surface area contributed by atoms with Crippen LogP contribution in [0.15, 0.2) is 77.7 Å². The number of carbonyl (C=O) groups excluding carboxylic acids is 1. The molecule has 1 heterocycles. The molecule has 1 saturated carbocycles. The van der Waals surface area contributed by atoms with Crippen LogP contribution in [0.5, 0.6) is 11.5 Å². The molecule has 0 spiro atoms. The van der Waals surface area contributed by atoms with Gasteiger partial charge in [-0.1, -0.05) is 55.8 Å². The van der Waals surface area contributed by atoms with E-state index in [1.807, 2.05) is 59.5 Å². The topological polar surface area (TPSA) is 93.9 Å². The number of rotatable bonds is 9. The Morgan fingerprint density at radius 2 is 1.80 bits per heavy atom. The van der Waals surface area contributed by atoms with E-state index in [2.05, 4.69) is 12.2 Å². The molecule has 5 rings (SSSR count). The molecular formula is C31H33N3O5S. The van der Waals surface area contributed by atoms with E-state index < -0.39 is 4.92 Å². The second kappa shape index (κ2) is 12.5. The Morgan fingerprint density at radius 1 is 1.05 bits per heavy atom. The molecule has 1 aliphatic carbocycles. The number of ether oxygens (including phenoxy) is 2. The quantitative estimate of drug-likeness (QED) is 0.170. The van der Waals surface area contributed by atoms with Crippen molar-refractivity contribution in [3.05, 3.63) is 98.9 Å². The first-order valence-electron chi connectivity index (χ1n) is 13.5. The van der Waals surface area contributed by atoms with Crippen LogP contribution >= 0.6 is 11.8 Å². The highest BCUT2D eigenvalue weighted by molar-refractivity contribution is 8.05. The number of carbonyl (C=O) groups is 1. The second-order valence-electron chi connectivity index (χ2n) is 10.2. The number of hydrogen-bond donors (Lipinski definition) is 1. The van der Waals surface area contributed by atoms with E-state index in [9.17, 15) is 14.9 Å². The maximum absolute atomic E-state index is 13.8. The Kier molecular flexibility index (Phi) is 8.60. The molecule has 0 radical (unpaired) electrons. The van der Waals surface area contributed by atoms with Crippen molar-refractivity contribution < 1.29 is 19.2 Å². The molecule has 3 aromatic rings. The lowest BCUT2D eigenvalue weighted by Gasteiger charge is -2.39. The van der Waals surface area contributed by atoms with Crippen molar-refractivity contribution in [3.8, 4) is 11.5 Å². The van der Waals surface area contributed by atoms with Crippen LogP contribution in [0.2, 0.25) is 0 Å². The van der Waals surface area contributed by atoms with Gasteiger partial charge in [-0.3, -0.25) is 14.9 Å². The minimum Gasteiger partial charge on any atom is -0.493 e. The summed E-state index contributed by atoms with van der Waals surface area (Å²) in [6.07, 6.45) is 6.42. The summed E-state index contributed by atoms with van der Waals surface area (Å²) in [7, 11) is 1.58. The first-order chi connectivity index (χ1) is 19.4. The standard InChI is InChI=1S/C31H33N3O5S/c1-21-8-6-7-11-26(21)33-30(35)29(40-31(33)32-24-9-4-3-5-10-24)19-23-14-17-27(28(18-23)38-2)39-20-22-12-15-25(16-13-22)34(36)37/h3-5,9-10,12-19,21,26,31-32H,6-8,11,20H2,1-2H3/b29-19-/t21-,26+,31?/m0/s1. The zero-order chi connectivity index (χ0) is 28.1. The fourth-order valence-corrected chi connectivity index (χ4v) is 6.50. The molecule has 1 aliphatic heterocycles. The number of nitro benzene ring substituents is 1. The van der Waals surface area contributed by atoms with Crippen LogP contribution in [0.25, 0.3) is 6.08 Å². The van der Waals surface area contributed by atoms with E-state index in [1.54, 1.807) is 31.0 Å². The van der Waals surface area contributed by atoms with Gasteiger partial charge in [0, 0.05) is 23.9 Å². The van der Waals surface area contributed by atoms with E-state index in [1.165, 1.54) is 18.6 Å². The molecule has 1 N–H and O–H groups in total. The lowest BCUT2D eigenvalue weighted by Crippen LogP contribution is -2.48. The van der Waals surface area contributed by atoms with Gasteiger partial charge >= 0.3 is 0 Å². The van der Waals surface area contributed by atoms with Gasteiger partial charge < -0.3 is 19.7 Å². The zero-order valence-electron chi connectivity index (χ0n) is 22.6. The monoisotopic (exact) mass is 559 g/mol. The minimum absolute atomic E-state index is 0.0377. The van der Waals surface area contributed by atoms with Crippen molar-refractivity contribution in [3.63, 3.8) is 0 Å². The summed E-state index contributed by atoms with van der Waals surface area (Å²) in [5.74, 6) is 1.60. The number of nitrogens with zero attached hydrogens (tertiary/aromatic N) is 2. The van der Waals surface area contributed by atoms with Gasteiger partial charge in [0.05, 0.1) is 16.9 Å². The van der Waals surface area contributed by atoms with Gasteiger partial charge in [-0.2, -0.15) is 0 Å². The summed E-state index contributed by atoms with van der Waals surface area (Å²) >= 11 is 1.55. The fourth-order valence-electron chi connectivity index (χ4n) is 5.29. The fraction of sp³-hybridized carbons (Fsp3) is 0.323. The van der Waals surface area contributed by atoms with Crippen LogP contribution in [0.3, 0.4) is 0 Å². The number of amides is 1. The summed E-state index contributed by atoms with van der Waals surface area (Å²) in [4.78, 5) is 27.0. The Balaban J connectivity index is 1.35. The molecule has 9 heteroatoms. The van der Waals surface area contributed by atoms with Crippen molar-refractivity contribution in [1.29, 1.82) is 0 Å². The van der Waals surface area contributed by atoms with Crippen LogP contribution in [0.4, 0.5) is 11.4 Å². The van der Waals surface area contributed by atoms with Gasteiger partial charge in [0.15, 0.2) is 17.0 Å². The highest BCUT2D eigenvalue weighted by Crippen LogP contribution is 2.42. The van der Waals surface area contributed by atoms with Gasteiger partial charge in [-0.25, -0.2) is 0 Å². The van der Waals surface area contributed by atoms with E-state index in [-0.39, 0.29) is 29.7 Å². The van der Waals surface area contributed by atoms with Crippen LogP contribution < -0.4 is 14.8 Å². The molecule has 2 aliphatic rings. The molecule has 0 aromatic heterocycles. The van der Waals surface area contributed by atoms with Gasteiger partial charge in [0.25, 0.3) is 11.6 Å². The lowest BCUT2D eigenvalue weighted by atomic mass is 9.85. The first kappa shape index (κ1) is 27.6. The maximum atomic E-state index is 13.8. The number of para-hydroxylation sites is 1. The summed E-state index contributed by atoms with van der Waals surface area (Å²) in [5, 5.41) is 14.5. The van der Waals surface area contributed by atoms with Crippen LogP contribution in [0.1, 0.15) is 43.7 Å². The molecule has 1 unspecified atom stereocenters. The first-order valence-corrected chi connectivity index (χ1v) is 14.4. The van der Waals surface area contributed by atoms with E-state index in [0.717, 1.165) is 36.1 Å². The number of thioether (sulfide) groups is 1. The third kappa shape index (κ3) is 6.25. The molecule has 3 aromatic carbocycles. The molecule has 1 amide bonds. The molecular weight excluding hydrogens is 526 g/mol. The number of nitrogens with one attached hydrogen (secondary N) is 1. The Labute approximate surface area is 238 Å². The lowest BCUT2D eigenvalue weighted by molar-refractivity contribution is -0.384. The van der Waals surface area contributed by atoms with Crippen molar-refractivity contribution in [2.24, 2.45) is 5.92 Å². The van der Waals surface area contributed by atoms with Gasteiger partial charge in [0.1, 0.15) is 6.61 Å². The molecule has 1 saturated heterocycles. The summed E-state index contributed by atoms with van der Waals surface area (Å²) in [6.45, 7) is 2.49. The summed E-state index contributed by atoms with van der Waals surface area (Å²) in [6, 6.07) is 22.1. The van der Waals surface area contributed by atoms with Crippen molar-refractivity contribution in [2.45, 2.75) is 50.8 Å².